The number of nitrogens with zero attached hydrogens (tertiary/aromatic N) is 3. The van der Waals surface area contributed by atoms with Crippen LogP contribution < -0.4 is 5.73 Å². The van der Waals surface area contributed by atoms with Gasteiger partial charge in [-0.25, -0.2) is 0 Å². The van der Waals surface area contributed by atoms with Gasteiger partial charge in [0.25, 0.3) is 0 Å². The maximum absolute atomic E-state index is 12.2. The largest absolute Gasteiger partial charge is 0.679 e. The van der Waals surface area contributed by atoms with Crippen molar-refractivity contribution in [3.8, 4) is 0 Å². The minimum atomic E-state index is -0.0104. The normalized spacial score (nSPS) is 17.4. The van der Waals surface area contributed by atoms with Gasteiger partial charge in [0.1, 0.15) is 0 Å². The number of Topliss-reactive ketones (excluding diaryl/α,β-unsaturated/α-hetero) is 1. The standard InChI is InChI=1S/C18H27N4O.3Y/c1-12-10-18(2,3)21-16-7-6-13(9-15(12)16)8-14(23)11-22(5)17(19)20-4;;;/h6-7,9,12H,8,10-11H2,1-5H3,(H2,19,20);;;/q-1;;;. The number of carbonyl (C=O) groups excluding carboxylic acids is 1. The zero-order valence-corrected chi connectivity index (χ0v) is 25.0. The Labute approximate surface area is 233 Å². The second kappa shape index (κ2) is 12.8. The molecule has 0 aromatic heterocycles. The van der Waals surface area contributed by atoms with Gasteiger partial charge in [0.2, 0.25) is 0 Å². The Morgan fingerprint density at radius 1 is 1.35 bits per heavy atom. The van der Waals surface area contributed by atoms with Crippen LogP contribution in [0.1, 0.15) is 44.2 Å². The van der Waals surface area contributed by atoms with Gasteiger partial charge >= 0.3 is 0 Å². The van der Waals surface area contributed by atoms with E-state index in [4.69, 9.17) is 11.1 Å². The van der Waals surface area contributed by atoms with Gasteiger partial charge < -0.3 is 16.0 Å². The van der Waals surface area contributed by atoms with Crippen molar-refractivity contribution in [2.24, 2.45) is 10.7 Å². The average molecular weight is 582 g/mol. The van der Waals surface area contributed by atoms with Crippen LogP contribution in [0.2, 0.25) is 0 Å². The topological polar surface area (TPSA) is 72.8 Å². The molecule has 2 rings (SSSR count). The molecule has 0 aliphatic carbocycles. The molecular formula is C18H27N4OY3-. The van der Waals surface area contributed by atoms with E-state index < -0.39 is 0 Å². The summed E-state index contributed by atoms with van der Waals surface area (Å²) >= 11 is 0. The minimum absolute atomic E-state index is 0. The van der Waals surface area contributed by atoms with E-state index in [9.17, 15) is 4.79 Å². The van der Waals surface area contributed by atoms with Gasteiger partial charge in [-0.05, 0) is 11.5 Å². The molecule has 1 aliphatic rings. The van der Waals surface area contributed by atoms with E-state index in [2.05, 4.69) is 31.8 Å². The van der Waals surface area contributed by atoms with Crippen LogP contribution in [0.4, 0.5) is 5.69 Å². The number of hydrogen-bond donors (Lipinski definition) is 1. The number of benzene rings is 1. The van der Waals surface area contributed by atoms with E-state index >= 15 is 0 Å². The Bertz CT molecular complexity index is 635. The number of nitrogens with two attached hydrogens (primary N) is 1. The molecule has 5 nitrogen and oxygen atoms in total. The summed E-state index contributed by atoms with van der Waals surface area (Å²) in [6.07, 6.45) is 1.44. The molecule has 0 saturated heterocycles. The van der Waals surface area contributed by atoms with Crippen LogP contribution in [0.25, 0.3) is 5.32 Å². The number of hydrogen-bond acceptors (Lipinski definition) is 2. The van der Waals surface area contributed by atoms with Crippen LogP contribution in [0.5, 0.6) is 0 Å². The molecule has 2 N–H and O–H groups in total. The molecule has 1 aliphatic heterocycles. The van der Waals surface area contributed by atoms with E-state index in [0.717, 1.165) is 17.7 Å². The fourth-order valence-corrected chi connectivity index (χ4v) is 3.24. The first-order valence-electron chi connectivity index (χ1n) is 8.02. The molecule has 1 aromatic rings. The van der Waals surface area contributed by atoms with Crippen molar-refractivity contribution in [3.05, 3.63) is 34.6 Å². The Hall–Kier alpha value is 1.27. The van der Waals surface area contributed by atoms with Gasteiger partial charge in [0.15, 0.2) is 11.7 Å². The molecule has 1 unspecified atom stereocenters. The van der Waals surface area contributed by atoms with Crippen LogP contribution in [-0.2, 0) is 109 Å². The average Bonchev–Trinajstić information content (AvgIpc) is 2.45. The number of rotatable bonds is 4. The Kier molecular flexibility index (Phi) is 14.5. The first kappa shape index (κ1) is 29.5. The molecule has 1 atom stereocenters. The molecule has 3 radical (unpaired) electrons. The summed E-state index contributed by atoms with van der Waals surface area (Å²) in [5.74, 6) is 0.955. The van der Waals surface area contributed by atoms with E-state index in [1.165, 1.54) is 5.56 Å². The van der Waals surface area contributed by atoms with Gasteiger partial charge in [-0.3, -0.25) is 9.79 Å². The fraction of sp³-hybridized carbons (Fsp3) is 0.556. The second-order valence-electron chi connectivity index (χ2n) is 7.08. The SMILES string of the molecule is CN=C(N)N(C)CC(=O)Cc1ccc2c(c1)C(C)CC(C)(C)[N-]2.[Y].[Y].[Y]. The maximum atomic E-state index is 12.2. The van der Waals surface area contributed by atoms with Crippen molar-refractivity contribution in [2.45, 2.75) is 45.1 Å². The van der Waals surface area contributed by atoms with Crippen LogP contribution in [-0.4, -0.2) is 42.8 Å². The molecule has 26 heavy (non-hydrogen) atoms. The maximum Gasteiger partial charge on any atom is 0.191 e. The molecule has 1 aromatic carbocycles. The second-order valence-corrected chi connectivity index (χ2v) is 7.08. The third-order valence-corrected chi connectivity index (χ3v) is 4.29. The van der Waals surface area contributed by atoms with Gasteiger partial charge in [-0.1, -0.05) is 51.0 Å². The molecule has 1 heterocycles. The quantitative estimate of drug-likeness (QED) is 0.439. The summed E-state index contributed by atoms with van der Waals surface area (Å²) in [4.78, 5) is 17.8. The molecule has 8 heteroatoms. The number of likely N-dealkylation sites (N-methyl/N-ethyl adjacent to an activating group) is 1. The van der Waals surface area contributed by atoms with E-state index in [1.807, 2.05) is 12.1 Å². The van der Waals surface area contributed by atoms with Gasteiger partial charge in [-0.15, -0.1) is 11.2 Å². The minimum Gasteiger partial charge on any atom is -0.679 e. The first-order chi connectivity index (χ1) is 10.7. The molecule has 0 amide bonds. The molecule has 0 spiro atoms. The summed E-state index contributed by atoms with van der Waals surface area (Å²) in [5, 5.41) is 4.81. The van der Waals surface area contributed by atoms with Gasteiger partial charge in [0, 0.05) is 119 Å². The summed E-state index contributed by atoms with van der Waals surface area (Å²) < 4.78 is 0. The number of fused-ring (bicyclic) bond motifs is 1. The van der Waals surface area contributed by atoms with Crippen LogP contribution in [0.3, 0.4) is 0 Å². The molecule has 0 fully saturated rings. The third-order valence-electron chi connectivity index (χ3n) is 4.29. The van der Waals surface area contributed by atoms with Crippen LogP contribution in [0.15, 0.2) is 23.2 Å². The number of aliphatic imine (C=N–C) groups is 1. The van der Waals surface area contributed by atoms with E-state index in [-0.39, 0.29) is 116 Å². The number of carbonyl (C=O) groups is 1. The van der Waals surface area contributed by atoms with Crippen molar-refractivity contribution >= 4 is 17.4 Å². The van der Waals surface area contributed by atoms with E-state index in [1.54, 1.807) is 19.0 Å². The van der Waals surface area contributed by atoms with Crippen molar-refractivity contribution in [2.75, 3.05) is 20.6 Å². The fourth-order valence-electron chi connectivity index (χ4n) is 3.24. The predicted octanol–water partition coefficient (Wildman–Crippen LogP) is 2.96. The summed E-state index contributed by atoms with van der Waals surface area (Å²) in [7, 11) is 3.39. The summed E-state index contributed by atoms with van der Waals surface area (Å²) in [6, 6.07) is 6.18. The number of ketones is 1. The number of guanidine groups is 1. The van der Waals surface area contributed by atoms with E-state index in [0.29, 0.717) is 18.3 Å². The van der Waals surface area contributed by atoms with Crippen molar-refractivity contribution < 1.29 is 103 Å². The Morgan fingerprint density at radius 2 is 1.96 bits per heavy atom. The van der Waals surface area contributed by atoms with Crippen molar-refractivity contribution in [3.63, 3.8) is 0 Å². The Morgan fingerprint density at radius 3 is 2.54 bits per heavy atom. The van der Waals surface area contributed by atoms with Crippen molar-refractivity contribution in [1.29, 1.82) is 0 Å². The third kappa shape index (κ3) is 8.33. The molecule has 135 valence electrons. The monoisotopic (exact) mass is 582 g/mol. The zero-order valence-electron chi connectivity index (χ0n) is 16.5. The smallest absolute Gasteiger partial charge is 0.191 e. The first-order valence-corrected chi connectivity index (χ1v) is 8.02. The molecule has 0 bridgehead atoms. The predicted molar refractivity (Wildman–Crippen MR) is 95.5 cm³/mol. The van der Waals surface area contributed by atoms with Gasteiger partial charge in [-0.2, -0.15) is 0 Å². The summed E-state index contributed by atoms with van der Waals surface area (Å²) in [6.45, 7) is 6.83. The molecule has 0 saturated carbocycles. The Balaban J connectivity index is 0. The summed E-state index contributed by atoms with van der Waals surface area (Å²) in [5.41, 5.74) is 9.04. The molecular weight excluding hydrogens is 555 g/mol. The van der Waals surface area contributed by atoms with Crippen LogP contribution in [0, 0.1) is 0 Å². The van der Waals surface area contributed by atoms with Crippen molar-refractivity contribution in [1.82, 2.24) is 4.90 Å². The van der Waals surface area contributed by atoms with Crippen LogP contribution >= 0.6 is 0 Å². The van der Waals surface area contributed by atoms with Gasteiger partial charge in [0.05, 0.1) is 6.54 Å². The zero-order chi connectivity index (χ0) is 17.2.